The van der Waals surface area contributed by atoms with Gasteiger partial charge in [-0.2, -0.15) is 4.39 Å². The molecule has 37 heavy (non-hydrogen) atoms. The number of rotatable bonds is 10. The van der Waals surface area contributed by atoms with Gasteiger partial charge in [0.15, 0.2) is 23.7 Å². The summed E-state index contributed by atoms with van der Waals surface area (Å²) in [5.41, 5.74) is 0.952. The van der Waals surface area contributed by atoms with Crippen LogP contribution in [-0.4, -0.2) is 65.4 Å². The smallest absolute Gasteiger partial charge is 0.223 e. The third-order valence-electron chi connectivity index (χ3n) is 7.60. The molecule has 11 heteroatoms. The molecular weight excluding hydrogens is 484 g/mol. The summed E-state index contributed by atoms with van der Waals surface area (Å²) in [6, 6.07) is 2.08. The maximum absolute atomic E-state index is 14.9. The lowest BCUT2D eigenvalue weighted by molar-refractivity contribution is -0.126. The number of carbonyl (C=O) groups excluding carboxylic acids is 1. The zero-order valence-corrected chi connectivity index (χ0v) is 20.8. The topological polar surface area (TPSA) is 112 Å². The molecule has 0 bridgehead atoms. The van der Waals surface area contributed by atoms with Crippen LogP contribution in [0.1, 0.15) is 49.0 Å². The molecule has 202 valence electrons. The summed E-state index contributed by atoms with van der Waals surface area (Å²) in [7, 11) is 0. The van der Waals surface area contributed by atoms with Crippen LogP contribution in [0.2, 0.25) is 0 Å². The van der Waals surface area contributed by atoms with Gasteiger partial charge in [-0.25, -0.2) is 9.37 Å². The number of piperidine rings is 1. The number of β-amino-alcohol motifs (C(OH)–C–C–N with tert-alkyl or cyclic N) is 1. The first-order valence-corrected chi connectivity index (χ1v) is 13.1. The Bertz CT molecular complexity index is 1070. The van der Waals surface area contributed by atoms with Gasteiger partial charge < -0.3 is 24.9 Å². The van der Waals surface area contributed by atoms with Crippen molar-refractivity contribution in [2.24, 2.45) is 5.92 Å². The van der Waals surface area contributed by atoms with E-state index in [1.807, 2.05) is 4.90 Å². The molecule has 2 unspecified atom stereocenters. The van der Waals surface area contributed by atoms with Crippen LogP contribution in [0.3, 0.4) is 0 Å². The second kappa shape index (κ2) is 11.8. The van der Waals surface area contributed by atoms with Gasteiger partial charge in [-0.3, -0.25) is 15.0 Å². The molecule has 1 aromatic carbocycles. The molecule has 3 aliphatic rings. The highest BCUT2D eigenvalue weighted by Crippen LogP contribution is 2.31. The van der Waals surface area contributed by atoms with Gasteiger partial charge in [-0.05, 0) is 50.3 Å². The molecule has 1 aromatic heterocycles. The highest BCUT2D eigenvalue weighted by Gasteiger charge is 2.30. The summed E-state index contributed by atoms with van der Waals surface area (Å²) in [4.78, 5) is 18.4. The van der Waals surface area contributed by atoms with Gasteiger partial charge in [0.05, 0.1) is 18.5 Å². The molecule has 1 saturated heterocycles. The molecule has 0 spiro atoms. The first kappa shape index (κ1) is 26.0. The van der Waals surface area contributed by atoms with Crippen LogP contribution in [0.15, 0.2) is 23.1 Å². The zero-order chi connectivity index (χ0) is 25.8. The van der Waals surface area contributed by atoms with E-state index in [1.54, 1.807) is 0 Å². The first-order chi connectivity index (χ1) is 18.0. The Labute approximate surface area is 214 Å². The van der Waals surface area contributed by atoms with E-state index in [0.29, 0.717) is 30.3 Å². The number of oxazole rings is 1. The number of fused-ring (bicyclic) bond motifs is 1. The number of aliphatic hydroxyl groups excluding tert-OH is 1. The maximum atomic E-state index is 14.9. The normalized spacial score (nSPS) is 23.2. The van der Waals surface area contributed by atoms with Crippen LogP contribution in [0.4, 0.5) is 8.78 Å². The van der Waals surface area contributed by atoms with Gasteiger partial charge in [0.1, 0.15) is 6.61 Å². The summed E-state index contributed by atoms with van der Waals surface area (Å²) in [6.45, 7) is 1.86. The molecule has 2 aliphatic heterocycles. The van der Waals surface area contributed by atoms with E-state index in [-0.39, 0.29) is 55.5 Å². The number of carbonyl (C=O) groups is 1. The molecule has 1 aliphatic carbocycles. The number of nitrogens with one attached hydrogen (secondary N) is 3. The van der Waals surface area contributed by atoms with Crippen molar-refractivity contribution in [3.63, 3.8) is 0 Å². The van der Waals surface area contributed by atoms with Gasteiger partial charge in [-0.1, -0.05) is 6.42 Å². The van der Waals surface area contributed by atoms with Crippen molar-refractivity contribution < 1.29 is 27.8 Å². The molecular formula is C26H35F2N5O4. The Balaban J connectivity index is 1.09. The van der Waals surface area contributed by atoms with Gasteiger partial charge in [-0.15, -0.1) is 0 Å². The number of amides is 1. The van der Waals surface area contributed by atoms with Crippen molar-refractivity contribution >= 4 is 5.91 Å². The van der Waals surface area contributed by atoms with E-state index in [9.17, 15) is 18.7 Å². The predicted molar refractivity (Wildman–Crippen MR) is 130 cm³/mol. The van der Waals surface area contributed by atoms with Crippen LogP contribution in [0.25, 0.3) is 0 Å². The molecule has 2 aromatic rings. The number of halogens is 2. The molecule has 1 saturated carbocycles. The lowest BCUT2D eigenvalue weighted by atomic mass is 9.90. The summed E-state index contributed by atoms with van der Waals surface area (Å²) >= 11 is 0. The van der Waals surface area contributed by atoms with Crippen LogP contribution in [-0.2, 0) is 24.4 Å². The number of benzene rings is 1. The van der Waals surface area contributed by atoms with Crippen LogP contribution < -0.4 is 20.7 Å². The van der Waals surface area contributed by atoms with Crippen molar-refractivity contribution in [3.8, 4) is 5.75 Å². The van der Waals surface area contributed by atoms with E-state index in [4.69, 9.17) is 9.15 Å². The number of nitrogens with zero attached hydrogens (tertiary/aromatic N) is 2. The minimum absolute atomic E-state index is 0.0454. The molecule has 4 N–H and O–H groups in total. The second-order valence-corrected chi connectivity index (χ2v) is 10.3. The lowest BCUT2D eigenvalue weighted by Crippen LogP contribution is -2.55. The summed E-state index contributed by atoms with van der Waals surface area (Å²) in [5, 5.41) is 20.4. The second-order valence-electron chi connectivity index (χ2n) is 10.3. The molecule has 0 radical (unpaired) electrons. The number of hydrogen-bond donors (Lipinski definition) is 4. The number of ether oxygens (including phenoxy) is 1. The van der Waals surface area contributed by atoms with Gasteiger partial charge >= 0.3 is 0 Å². The summed E-state index contributed by atoms with van der Waals surface area (Å²) in [6.07, 6.45) is 7.67. The van der Waals surface area contributed by atoms with Gasteiger partial charge in [0.25, 0.3) is 0 Å². The van der Waals surface area contributed by atoms with Crippen molar-refractivity contribution in [2.45, 2.75) is 70.0 Å². The third-order valence-corrected chi connectivity index (χ3v) is 7.60. The molecule has 1 amide bonds. The molecule has 3 heterocycles. The number of aromatic nitrogens is 1. The van der Waals surface area contributed by atoms with Crippen LogP contribution in [0, 0.1) is 17.6 Å². The predicted octanol–water partition coefficient (Wildman–Crippen LogP) is 1.83. The Morgan fingerprint density at radius 3 is 2.95 bits per heavy atom. The van der Waals surface area contributed by atoms with E-state index in [1.165, 1.54) is 37.9 Å². The average molecular weight is 520 g/mol. The first-order valence-electron chi connectivity index (χ1n) is 13.1. The Morgan fingerprint density at radius 1 is 1.32 bits per heavy atom. The van der Waals surface area contributed by atoms with Crippen molar-refractivity contribution in [1.29, 1.82) is 0 Å². The van der Waals surface area contributed by atoms with Gasteiger partial charge in [0.2, 0.25) is 11.7 Å². The van der Waals surface area contributed by atoms with Crippen LogP contribution in [0.5, 0.6) is 5.75 Å². The van der Waals surface area contributed by atoms with Crippen molar-refractivity contribution in [3.05, 3.63) is 47.2 Å². The fraction of sp³-hybridized carbons (Fsp3) is 0.615. The number of aliphatic hydroxyl groups is 1. The van der Waals surface area contributed by atoms with E-state index in [0.717, 1.165) is 19.4 Å². The quantitative estimate of drug-likeness (QED) is 0.376. The lowest BCUT2D eigenvalue weighted by Gasteiger charge is -2.36. The van der Waals surface area contributed by atoms with E-state index >= 15 is 0 Å². The fourth-order valence-electron chi connectivity index (χ4n) is 5.26. The highest BCUT2D eigenvalue weighted by atomic mass is 19.2. The molecule has 9 nitrogen and oxygen atoms in total. The van der Waals surface area contributed by atoms with E-state index < -0.39 is 17.7 Å². The van der Waals surface area contributed by atoms with Crippen LogP contribution >= 0.6 is 0 Å². The summed E-state index contributed by atoms with van der Waals surface area (Å²) in [5.74, 6) is -1.86. The fourth-order valence-corrected chi connectivity index (χ4v) is 5.26. The maximum Gasteiger partial charge on any atom is 0.223 e. The van der Waals surface area contributed by atoms with Crippen molar-refractivity contribution in [2.75, 3.05) is 26.2 Å². The Kier molecular flexibility index (Phi) is 8.33. The molecule has 2 fully saturated rings. The standard InChI is InChI=1S/C26H35F2N5O4/c27-24-21-13-33(7-5-16(21)8-22(25(24)28)36-14-20-11-29-15-37-20)12-19(34)10-31-26(35)17-4-6-30-23(9-17)32-18-2-1-3-18/h8,11,15,17-19,23,30,32,34H,1-7,9-10,12-14H2,(H,31,35)/t17?,19-,23?/m0/s1. The minimum Gasteiger partial charge on any atom is -0.482 e. The third kappa shape index (κ3) is 6.46. The molecule has 3 atom stereocenters. The monoisotopic (exact) mass is 519 g/mol. The number of hydrogen-bond acceptors (Lipinski definition) is 8. The SMILES string of the molecule is O=C(NC[C@H](O)CN1CCc2cc(OCc3cnco3)c(F)c(F)c2C1)C1CCNC(NC2CCC2)C1. The highest BCUT2D eigenvalue weighted by molar-refractivity contribution is 5.78. The van der Waals surface area contributed by atoms with E-state index in [2.05, 4.69) is 20.9 Å². The Morgan fingerprint density at radius 2 is 2.19 bits per heavy atom. The van der Waals surface area contributed by atoms with Gasteiger partial charge in [0, 0.05) is 43.7 Å². The Hall–Kier alpha value is -2.60. The average Bonchev–Trinajstić information content (AvgIpc) is 3.40. The minimum atomic E-state index is -1.04. The zero-order valence-electron chi connectivity index (χ0n) is 20.8. The largest absolute Gasteiger partial charge is 0.482 e. The summed E-state index contributed by atoms with van der Waals surface area (Å²) < 4.78 is 40.0. The molecule has 5 rings (SSSR count). The van der Waals surface area contributed by atoms with Crippen molar-refractivity contribution in [1.82, 2.24) is 25.8 Å².